The number of nitro groups is 1. The predicted octanol–water partition coefficient (Wildman–Crippen LogP) is 3.19. The van der Waals surface area contributed by atoms with Crippen molar-refractivity contribution in [3.05, 3.63) is 52.1 Å². The quantitative estimate of drug-likeness (QED) is 0.444. The maximum Gasteiger partial charge on any atom is 0.274 e. The van der Waals surface area contributed by atoms with Gasteiger partial charge < -0.3 is 15.5 Å². The minimum Gasteiger partial charge on any atom is -0.376 e. The molecule has 2 N–H and O–H groups in total. The zero-order valence-corrected chi connectivity index (χ0v) is 19.8. The van der Waals surface area contributed by atoms with E-state index in [1.54, 1.807) is 37.3 Å². The second kappa shape index (κ2) is 10.2. The summed E-state index contributed by atoms with van der Waals surface area (Å²) in [5, 5.41) is 16.8. The van der Waals surface area contributed by atoms with Crippen molar-refractivity contribution in [2.24, 2.45) is 0 Å². The molecule has 178 valence electrons. The standard InChI is InChI=1S/C22H29N5O5S/c1-16-7-8-17(13-21(16)27(29)30)24-22(28)15-23-19-14-18(9-10-20(19)25(2)3)33(31,32)26-11-5-4-6-12-26/h7-10,13-14,23H,4-6,11-12,15H2,1-3H3,(H,24,28). The van der Waals surface area contributed by atoms with Gasteiger partial charge >= 0.3 is 0 Å². The Morgan fingerprint density at radius 2 is 1.82 bits per heavy atom. The van der Waals surface area contributed by atoms with Crippen molar-refractivity contribution in [3.63, 3.8) is 0 Å². The number of carbonyl (C=O) groups is 1. The number of nitrogens with one attached hydrogen (secondary N) is 2. The fourth-order valence-corrected chi connectivity index (χ4v) is 5.27. The predicted molar refractivity (Wildman–Crippen MR) is 128 cm³/mol. The Morgan fingerprint density at radius 3 is 2.45 bits per heavy atom. The summed E-state index contributed by atoms with van der Waals surface area (Å²) in [5.41, 5.74) is 1.97. The van der Waals surface area contributed by atoms with E-state index in [2.05, 4.69) is 10.6 Å². The number of piperidine rings is 1. The highest BCUT2D eigenvalue weighted by Gasteiger charge is 2.27. The molecule has 11 heteroatoms. The number of nitro benzene ring substituents is 1. The normalized spacial score (nSPS) is 14.5. The molecule has 0 aromatic heterocycles. The molecule has 2 aromatic rings. The molecule has 1 fully saturated rings. The molecule has 3 rings (SSSR count). The van der Waals surface area contributed by atoms with Gasteiger partial charge in [-0.15, -0.1) is 0 Å². The van der Waals surface area contributed by atoms with E-state index < -0.39 is 20.9 Å². The van der Waals surface area contributed by atoms with Crippen LogP contribution in [-0.2, 0) is 14.8 Å². The molecular weight excluding hydrogens is 446 g/mol. The van der Waals surface area contributed by atoms with Gasteiger partial charge in [-0.3, -0.25) is 14.9 Å². The van der Waals surface area contributed by atoms with Gasteiger partial charge in [-0.25, -0.2) is 8.42 Å². The van der Waals surface area contributed by atoms with Gasteiger partial charge in [-0.05, 0) is 44.0 Å². The van der Waals surface area contributed by atoms with Crippen LogP contribution < -0.4 is 15.5 Å². The summed E-state index contributed by atoms with van der Waals surface area (Å²) in [4.78, 5) is 25.1. The second-order valence-electron chi connectivity index (χ2n) is 8.20. The van der Waals surface area contributed by atoms with Crippen LogP contribution >= 0.6 is 0 Å². The number of nitrogens with zero attached hydrogens (tertiary/aromatic N) is 3. The van der Waals surface area contributed by atoms with Crippen LogP contribution in [0.3, 0.4) is 0 Å². The van der Waals surface area contributed by atoms with Crippen LogP contribution in [0.1, 0.15) is 24.8 Å². The fraction of sp³-hybridized carbons (Fsp3) is 0.409. The lowest BCUT2D eigenvalue weighted by molar-refractivity contribution is -0.385. The lowest BCUT2D eigenvalue weighted by atomic mass is 10.2. The molecule has 1 amide bonds. The van der Waals surface area contributed by atoms with Crippen LogP contribution in [0.4, 0.5) is 22.7 Å². The van der Waals surface area contributed by atoms with Crippen molar-refractivity contribution < 1.29 is 18.1 Å². The third-order valence-electron chi connectivity index (χ3n) is 5.53. The number of hydrogen-bond acceptors (Lipinski definition) is 7. The highest BCUT2D eigenvalue weighted by Crippen LogP contribution is 2.30. The molecule has 33 heavy (non-hydrogen) atoms. The summed E-state index contributed by atoms with van der Waals surface area (Å²) < 4.78 is 27.6. The summed E-state index contributed by atoms with van der Waals surface area (Å²) >= 11 is 0. The van der Waals surface area contributed by atoms with Crippen LogP contribution in [-0.4, -0.2) is 57.3 Å². The SMILES string of the molecule is Cc1ccc(NC(=O)CNc2cc(S(=O)(=O)N3CCCCC3)ccc2N(C)C)cc1[N+](=O)[O-]. The van der Waals surface area contributed by atoms with Gasteiger partial charge in [0.2, 0.25) is 15.9 Å². The van der Waals surface area contributed by atoms with E-state index in [4.69, 9.17) is 0 Å². The Bertz CT molecular complexity index is 1140. The Kier molecular flexibility index (Phi) is 7.54. The van der Waals surface area contributed by atoms with Crippen molar-refractivity contribution in [2.75, 3.05) is 49.3 Å². The molecule has 1 aliphatic rings. The summed E-state index contributed by atoms with van der Waals surface area (Å²) in [6.45, 7) is 2.49. The molecule has 0 spiro atoms. The van der Waals surface area contributed by atoms with Gasteiger partial charge in [0, 0.05) is 44.5 Å². The lowest BCUT2D eigenvalue weighted by Gasteiger charge is -2.27. The number of rotatable bonds is 8. The fourth-order valence-electron chi connectivity index (χ4n) is 3.73. The van der Waals surface area contributed by atoms with Crippen molar-refractivity contribution >= 4 is 38.7 Å². The third-order valence-corrected chi connectivity index (χ3v) is 7.43. The lowest BCUT2D eigenvalue weighted by Crippen LogP contribution is -2.35. The molecule has 0 saturated carbocycles. The molecule has 0 unspecified atom stereocenters. The van der Waals surface area contributed by atoms with Gasteiger partial charge in [-0.2, -0.15) is 4.31 Å². The van der Waals surface area contributed by atoms with Gasteiger partial charge in [0.15, 0.2) is 0 Å². The Balaban J connectivity index is 1.76. The van der Waals surface area contributed by atoms with Crippen LogP contribution in [0.25, 0.3) is 0 Å². The smallest absolute Gasteiger partial charge is 0.274 e. The zero-order chi connectivity index (χ0) is 24.2. The zero-order valence-electron chi connectivity index (χ0n) is 19.0. The van der Waals surface area contributed by atoms with Crippen molar-refractivity contribution in [2.45, 2.75) is 31.1 Å². The summed E-state index contributed by atoms with van der Waals surface area (Å²) in [5.74, 6) is -0.415. The Hall–Kier alpha value is -3.18. The number of anilines is 3. The van der Waals surface area contributed by atoms with E-state index in [0.29, 0.717) is 30.0 Å². The van der Waals surface area contributed by atoms with E-state index in [0.717, 1.165) is 24.9 Å². The third kappa shape index (κ3) is 5.79. The van der Waals surface area contributed by atoms with Crippen LogP contribution in [0, 0.1) is 17.0 Å². The number of benzene rings is 2. The topological polar surface area (TPSA) is 125 Å². The average Bonchev–Trinajstić information content (AvgIpc) is 2.79. The maximum atomic E-state index is 13.1. The van der Waals surface area contributed by atoms with E-state index in [9.17, 15) is 23.3 Å². The van der Waals surface area contributed by atoms with Crippen LogP contribution in [0.15, 0.2) is 41.3 Å². The van der Waals surface area contributed by atoms with E-state index in [-0.39, 0.29) is 17.1 Å². The molecule has 1 aliphatic heterocycles. The molecule has 0 atom stereocenters. The first-order valence-electron chi connectivity index (χ1n) is 10.7. The maximum absolute atomic E-state index is 13.1. The molecule has 1 heterocycles. The van der Waals surface area contributed by atoms with Crippen molar-refractivity contribution in [3.8, 4) is 0 Å². The number of carbonyl (C=O) groups excluding carboxylic acids is 1. The largest absolute Gasteiger partial charge is 0.376 e. The van der Waals surface area contributed by atoms with Gasteiger partial charge in [0.25, 0.3) is 5.69 Å². The van der Waals surface area contributed by atoms with Crippen LogP contribution in [0.5, 0.6) is 0 Å². The molecule has 0 aliphatic carbocycles. The van der Waals surface area contributed by atoms with Gasteiger partial charge in [0.05, 0.1) is 27.7 Å². The first-order chi connectivity index (χ1) is 15.6. The summed E-state index contributed by atoms with van der Waals surface area (Å²) in [6.07, 6.45) is 2.71. The Morgan fingerprint density at radius 1 is 1.12 bits per heavy atom. The Labute approximate surface area is 193 Å². The van der Waals surface area contributed by atoms with E-state index >= 15 is 0 Å². The number of amides is 1. The number of aryl methyl sites for hydroxylation is 1. The highest BCUT2D eigenvalue weighted by molar-refractivity contribution is 7.89. The first-order valence-corrected chi connectivity index (χ1v) is 12.1. The molecule has 10 nitrogen and oxygen atoms in total. The highest BCUT2D eigenvalue weighted by atomic mass is 32.2. The van der Waals surface area contributed by atoms with E-state index in [1.807, 2.05) is 19.0 Å². The van der Waals surface area contributed by atoms with Crippen molar-refractivity contribution in [1.29, 1.82) is 0 Å². The van der Waals surface area contributed by atoms with Crippen molar-refractivity contribution in [1.82, 2.24) is 4.31 Å². The molecular formula is C22H29N5O5S. The average molecular weight is 476 g/mol. The van der Waals surface area contributed by atoms with E-state index in [1.165, 1.54) is 10.4 Å². The number of sulfonamides is 1. The minimum absolute atomic E-state index is 0.0775. The summed E-state index contributed by atoms with van der Waals surface area (Å²) in [7, 11) is 0.0278. The molecule has 0 radical (unpaired) electrons. The van der Waals surface area contributed by atoms with Gasteiger partial charge in [0.1, 0.15) is 0 Å². The van der Waals surface area contributed by atoms with Crippen LogP contribution in [0.2, 0.25) is 0 Å². The molecule has 0 bridgehead atoms. The minimum atomic E-state index is -3.62. The monoisotopic (exact) mass is 475 g/mol. The first kappa shape index (κ1) is 24.5. The number of hydrogen-bond donors (Lipinski definition) is 2. The summed E-state index contributed by atoms with van der Waals surface area (Å²) in [6, 6.07) is 9.31. The molecule has 1 saturated heterocycles. The second-order valence-corrected chi connectivity index (χ2v) is 10.1. The van der Waals surface area contributed by atoms with Gasteiger partial charge in [-0.1, -0.05) is 12.5 Å². The molecule has 2 aromatic carbocycles.